The van der Waals surface area contributed by atoms with Crippen molar-refractivity contribution >= 4 is 15.9 Å². The molecule has 2 aliphatic rings. The van der Waals surface area contributed by atoms with Crippen molar-refractivity contribution in [2.24, 2.45) is 0 Å². The monoisotopic (exact) mass is 414 g/mol. The third kappa shape index (κ3) is 4.88. The van der Waals surface area contributed by atoms with Crippen molar-refractivity contribution in [3.63, 3.8) is 0 Å². The molecular weight excluding hydrogens is 388 g/mol. The van der Waals surface area contributed by atoms with Gasteiger partial charge in [-0.05, 0) is 19.1 Å². The van der Waals surface area contributed by atoms with Crippen LogP contribution in [0.1, 0.15) is 12.0 Å². The first-order chi connectivity index (χ1) is 13.3. The van der Waals surface area contributed by atoms with Crippen LogP contribution in [-0.2, 0) is 24.3 Å². The molecule has 0 bridgehead atoms. The first-order valence-electron chi connectivity index (χ1n) is 9.21. The minimum atomic E-state index is -3.77. The number of aliphatic hydroxyl groups excluding tert-OH is 2. The third-order valence-corrected chi connectivity index (χ3v) is 6.45. The van der Waals surface area contributed by atoms with E-state index in [-0.39, 0.29) is 23.8 Å². The van der Waals surface area contributed by atoms with E-state index in [0.29, 0.717) is 26.3 Å². The van der Waals surface area contributed by atoms with E-state index >= 15 is 0 Å². The Hall–Kier alpha value is -1.56. The fourth-order valence-corrected chi connectivity index (χ4v) is 4.31. The summed E-state index contributed by atoms with van der Waals surface area (Å²) in [6.07, 6.45) is -4.47. The number of sulfonamides is 1. The van der Waals surface area contributed by atoms with Crippen LogP contribution in [0, 0.1) is 6.92 Å². The fourth-order valence-electron chi connectivity index (χ4n) is 3.27. The van der Waals surface area contributed by atoms with E-state index in [1.807, 2.05) is 6.92 Å². The number of carbonyl (C=O) groups is 1. The first kappa shape index (κ1) is 21.2. The number of nitrogens with one attached hydrogen (secondary N) is 1. The van der Waals surface area contributed by atoms with Gasteiger partial charge in [0.2, 0.25) is 15.9 Å². The van der Waals surface area contributed by atoms with E-state index in [4.69, 9.17) is 9.47 Å². The molecule has 0 unspecified atom stereocenters. The highest BCUT2D eigenvalue weighted by Gasteiger charge is 2.44. The largest absolute Gasteiger partial charge is 0.388 e. The van der Waals surface area contributed by atoms with Crippen molar-refractivity contribution in [3.8, 4) is 0 Å². The number of morpholine rings is 1. The Labute approximate surface area is 164 Å². The Balaban J connectivity index is 1.56. The molecule has 1 aromatic rings. The van der Waals surface area contributed by atoms with E-state index in [1.165, 1.54) is 12.1 Å². The number of nitrogens with zero attached hydrogens (tertiary/aromatic N) is 1. The van der Waals surface area contributed by atoms with E-state index in [2.05, 4.69) is 4.72 Å². The number of hydrogen-bond donors (Lipinski definition) is 3. The van der Waals surface area contributed by atoms with Crippen LogP contribution in [0.3, 0.4) is 0 Å². The Morgan fingerprint density at radius 2 is 1.75 bits per heavy atom. The third-order valence-electron chi connectivity index (χ3n) is 5.01. The van der Waals surface area contributed by atoms with Gasteiger partial charge in [-0.2, -0.15) is 0 Å². The average molecular weight is 414 g/mol. The fraction of sp³-hybridized carbons (Fsp3) is 0.611. The van der Waals surface area contributed by atoms with Gasteiger partial charge in [0.15, 0.2) is 0 Å². The van der Waals surface area contributed by atoms with Crippen LogP contribution in [0.25, 0.3) is 0 Å². The zero-order valence-corrected chi connectivity index (χ0v) is 16.5. The molecule has 1 amide bonds. The van der Waals surface area contributed by atoms with Gasteiger partial charge in [0, 0.05) is 19.6 Å². The lowest BCUT2D eigenvalue weighted by Gasteiger charge is -2.28. The Bertz CT molecular complexity index is 778. The lowest BCUT2D eigenvalue weighted by Crippen LogP contribution is -2.43. The number of rotatable bonds is 6. The van der Waals surface area contributed by atoms with E-state index in [0.717, 1.165) is 5.56 Å². The number of carbonyl (C=O) groups excluding carboxylic acids is 1. The number of benzene rings is 1. The van der Waals surface area contributed by atoms with Gasteiger partial charge in [0.1, 0.15) is 18.3 Å². The predicted molar refractivity (Wildman–Crippen MR) is 99.1 cm³/mol. The minimum absolute atomic E-state index is 0.0839. The summed E-state index contributed by atoms with van der Waals surface area (Å²) < 4.78 is 37.9. The SMILES string of the molecule is Cc1ccc(S(=O)(=O)NC[C@@H]2O[C@@H](CC(=O)N3CCOCC3)[C@H](O)[C@@H]2O)cc1. The van der Waals surface area contributed by atoms with Crippen LogP contribution in [-0.4, -0.2) is 86.7 Å². The zero-order chi connectivity index (χ0) is 20.3. The maximum absolute atomic E-state index is 12.4. The van der Waals surface area contributed by atoms with Crippen LogP contribution in [0.5, 0.6) is 0 Å². The van der Waals surface area contributed by atoms with Gasteiger partial charge < -0.3 is 24.6 Å². The normalized spacial score (nSPS) is 28.5. The summed E-state index contributed by atoms with van der Waals surface area (Å²) in [4.78, 5) is 14.1. The summed E-state index contributed by atoms with van der Waals surface area (Å²) in [5.74, 6) is -0.194. The van der Waals surface area contributed by atoms with Crippen LogP contribution in [0.2, 0.25) is 0 Å². The molecule has 3 N–H and O–H groups in total. The average Bonchev–Trinajstić information content (AvgIpc) is 2.95. The van der Waals surface area contributed by atoms with Crippen molar-refractivity contribution in [2.45, 2.75) is 42.7 Å². The predicted octanol–water partition coefficient (Wildman–Crippen LogP) is -0.989. The summed E-state index contributed by atoms with van der Waals surface area (Å²) in [5, 5.41) is 20.4. The molecule has 0 saturated carbocycles. The molecule has 0 spiro atoms. The van der Waals surface area contributed by atoms with E-state index < -0.39 is 34.4 Å². The number of aliphatic hydroxyl groups is 2. The van der Waals surface area contributed by atoms with E-state index in [9.17, 15) is 23.4 Å². The molecule has 0 aromatic heterocycles. The molecule has 2 aliphatic heterocycles. The molecular formula is C18H26N2O7S. The molecule has 2 saturated heterocycles. The lowest BCUT2D eigenvalue weighted by atomic mass is 10.1. The second-order valence-corrected chi connectivity index (χ2v) is 8.82. The quantitative estimate of drug-likeness (QED) is 0.546. The molecule has 10 heteroatoms. The molecule has 3 rings (SSSR count). The molecule has 1 aromatic carbocycles. The minimum Gasteiger partial charge on any atom is -0.388 e. The molecule has 28 heavy (non-hydrogen) atoms. The standard InChI is InChI=1S/C18H26N2O7S/c1-12-2-4-13(5-3-12)28(24,25)19-11-15-18(23)17(22)14(27-15)10-16(21)20-6-8-26-9-7-20/h2-5,14-15,17-19,22-23H,6-11H2,1H3/t14-,15-,17-,18+/m0/s1. The van der Waals surface area contributed by atoms with Gasteiger partial charge in [-0.1, -0.05) is 17.7 Å². The Morgan fingerprint density at radius 3 is 2.39 bits per heavy atom. The van der Waals surface area contributed by atoms with Crippen molar-refractivity contribution in [1.29, 1.82) is 0 Å². The molecule has 0 aliphatic carbocycles. The van der Waals surface area contributed by atoms with Crippen LogP contribution in [0.15, 0.2) is 29.2 Å². The maximum Gasteiger partial charge on any atom is 0.240 e. The van der Waals surface area contributed by atoms with Crippen molar-refractivity contribution in [2.75, 3.05) is 32.8 Å². The molecule has 2 heterocycles. The highest BCUT2D eigenvalue weighted by atomic mass is 32.2. The molecule has 9 nitrogen and oxygen atoms in total. The van der Waals surface area contributed by atoms with Crippen LogP contribution in [0.4, 0.5) is 0 Å². The van der Waals surface area contributed by atoms with Crippen molar-refractivity contribution in [3.05, 3.63) is 29.8 Å². The summed E-state index contributed by atoms with van der Waals surface area (Å²) in [7, 11) is -3.77. The molecule has 0 radical (unpaired) electrons. The summed E-state index contributed by atoms with van der Waals surface area (Å²) in [6, 6.07) is 6.35. The van der Waals surface area contributed by atoms with E-state index in [1.54, 1.807) is 17.0 Å². The Morgan fingerprint density at radius 1 is 1.14 bits per heavy atom. The molecule has 156 valence electrons. The van der Waals surface area contributed by atoms with Crippen LogP contribution < -0.4 is 4.72 Å². The summed E-state index contributed by atoms with van der Waals surface area (Å²) >= 11 is 0. The maximum atomic E-state index is 12.4. The number of ether oxygens (including phenoxy) is 2. The summed E-state index contributed by atoms with van der Waals surface area (Å²) in [5.41, 5.74) is 0.935. The van der Waals surface area contributed by atoms with Gasteiger partial charge in [0.25, 0.3) is 0 Å². The van der Waals surface area contributed by atoms with Gasteiger partial charge >= 0.3 is 0 Å². The highest BCUT2D eigenvalue weighted by molar-refractivity contribution is 7.89. The number of hydrogen-bond acceptors (Lipinski definition) is 7. The van der Waals surface area contributed by atoms with Gasteiger partial charge in [-0.25, -0.2) is 13.1 Å². The van der Waals surface area contributed by atoms with Gasteiger partial charge in [-0.3, -0.25) is 4.79 Å². The lowest BCUT2D eigenvalue weighted by molar-refractivity contribution is -0.139. The highest BCUT2D eigenvalue weighted by Crippen LogP contribution is 2.24. The topological polar surface area (TPSA) is 125 Å². The molecule has 2 fully saturated rings. The molecule has 4 atom stereocenters. The number of amides is 1. The van der Waals surface area contributed by atoms with Crippen molar-refractivity contribution < 1.29 is 32.9 Å². The Kier molecular flexibility index (Phi) is 6.69. The first-order valence-corrected chi connectivity index (χ1v) is 10.7. The van der Waals surface area contributed by atoms with Crippen LogP contribution >= 0.6 is 0 Å². The van der Waals surface area contributed by atoms with Gasteiger partial charge in [0.05, 0.1) is 30.6 Å². The second-order valence-electron chi connectivity index (χ2n) is 7.06. The van der Waals surface area contributed by atoms with Crippen molar-refractivity contribution in [1.82, 2.24) is 9.62 Å². The number of aryl methyl sites for hydroxylation is 1. The summed E-state index contributed by atoms with van der Waals surface area (Å²) in [6.45, 7) is 3.52. The zero-order valence-electron chi connectivity index (χ0n) is 15.7. The second kappa shape index (κ2) is 8.85. The van der Waals surface area contributed by atoms with Gasteiger partial charge in [-0.15, -0.1) is 0 Å². The smallest absolute Gasteiger partial charge is 0.240 e.